The first kappa shape index (κ1) is 21.8. The van der Waals surface area contributed by atoms with E-state index in [0.717, 1.165) is 16.8 Å². The highest BCUT2D eigenvalue weighted by molar-refractivity contribution is 6.04. The molecule has 0 fully saturated rings. The van der Waals surface area contributed by atoms with Gasteiger partial charge < -0.3 is 15.5 Å². The van der Waals surface area contributed by atoms with Gasteiger partial charge in [0.05, 0.1) is 6.54 Å². The molecule has 3 amide bonds. The van der Waals surface area contributed by atoms with Crippen LogP contribution in [0.4, 0.5) is 11.4 Å². The molecular weight excluding hydrogens is 390 g/mol. The Morgan fingerprint density at radius 2 is 1.35 bits per heavy atom. The monoisotopic (exact) mass is 415 g/mol. The molecule has 0 unspecified atom stereocenters. The number of hydrogen-bond acceptors (Lipinski definition) is 3. The van der Waals surface area contributed by atoms with Crippen molar-refractivity contribution in [3.8, 4) is 0 Å². The standard InChI is InChI=1S/C25H25N3O3/c1-17-8-7-9-18(2)23(17)27-22(29)16-28(3)25(31)20-12-14-21(15-13-20)26-24(30)19-10-5-4-6-11-19/h4-15H,16H2,1-3H3,(H,26,30)(H,27,29). The summed E-state index contributed by atoms with van der Waals surface area (Å²) in [5.41, 5.74) is 4.27. The fourth-order valence-corrected chi connectivity index (χ4v) is 3.19. The number of carbonyl (C=O) groups is 3. The molecule has 6 heteroatoms. The zero-order valence-electron chi connectivity index (χ0n) is 17.8. The van der Waals surface area contributed by atoms with Gasteiger partial charge in [-0.1, -0.05) is 36.4 Å². The summed E-state index contributed by atoms with van der Waals surface area (Å²) >= 11 is 0. The van der Waals surface area contributed by atoms with E-state index in [4.69, 9.17) is 0 Å². The van der Waals surface area contributed by atoms with Gasteiger partial charge in [-0.2, -0.15) is 0 Å². The number of hydrogen-bond donors (Lipinski definition) is 2. The molecule has 0 atom stereocenters. The van der Waals surface area contributed by atoms with Crippen LogP contribution in [0, 0.1) is 13.8 Å². The van der Waals surface area contributed by atoms with E-state index in [9.17, 15) is 14.4 Å². The fourth-order valence-electron chi connectivity index (χ4n) is 3.19. The average molecular weight is 415 g/mol. The van der Waals surface area contributed by atoms with E-state index in [-0.39, 0.29) is 24.3 Å². The fraction of sp³-hybridized carbons (Fsp3) is 0.160. The van der Waals surface area contributed by atoms with Crippen LogP contribution in [-0.4, -0.2) is 36.2 Å². The van der Waals surface area contributed by atoms with Gasteiger partial charge in [-0.3, -0.25) is 14.4 Å². The van der Waals surface area contributed by atoms with Crippen LogP contribution in [0.5, 0.6) is 0 Å². The lowest BCUT2D eigenvalue weighted by Crippen LogP contribution is -2.35. The van der Waals surface area contributed by atoms with E-state index in [0.29, 0.717) is 16.8 Å². The quantitative estimate of drug-likeness (QED) is 0.631. The Hall–Kier alpha value is -3.93. The lowest BCUT2D eigenvalue weighted by Gasteiger charge is -2.18. The van der Waals surface area contributed by atoms with Crippen LogP contribution in [0.15, 0.2) is 72.8 Å². The van der Waals surface area contributed by atoms with Crippen molar-refractivity contribution in [1.82, 2.24) is 4.90 Å². The van der Waals surface area contributed by atoms with Crippen molar-refractivity contribution < 1.29 is 14.4 Å². The van der Waals surface area contributed by atoms with Crippen molar-refractivity contribution >= 4 is 29.1 Å². The molecule has 0 saturated carbocycles. The van der Waals surface area contributed by atoms with E-state index in [2.05, 4.69) is 10.6 Å². The Bertz CT molecular complexity index is 1070. The van der Waals surface area contributed by atoms with Gasteiger partial charge in [-0.25, -0.2) is 0 Å². The van der Waals surface area contributed by atoms with Gasteiger partial charge >= 0.3 is 0 Å². The molecule has 0 aliphatic carbocycles. The molecule has 3 rings (SSSR count). The van der Waals surface area contributed by atoms with E-state index < -0.39 is 0 Å². The lowest BCUT2D eigenvalue weighted by molar-refractivity contribution is -0.116. The highest BCUT2D eigenvalue weighted by atomic mass is 16.2. The zero-order chi connectivity index (χ0) is 22.4. The second-order valence-corrected chi connectivity index (χ2v) is 7.37. The van der Waals surface area contributed by atoms with E-state index in [1.165, 1.54) is 4.90 Å². The number of nitrogens with one attached hydrogen (secondary N) is 2. The molecular formula is C25H25N3O3. The summed E-state index contributed by atoms with van der Waals surface area (Å²) in [6.45, 7) is 3.78. The maximum atomic E-state index is 12.7. The molecule has 3 aromatic rings. The van der Waals surface area contributed by atoms with Gasteiger partial charge in [-0.05, 0) is 61.4 Å². The van der Waals surface area contributed by atoms with Crippen LogP contribution >= 0.6 is 0 Å². The van der Waals surface area contributed by atoms with E-state index >= 15 is 0 Å². The van der Waals surface area contributed by atoms with Crippen molar-refractivity contribution in [2.45, 2.75) is 13.8 Å². The zero-order valence-corrected chi connectivity index (χ0v) is 17.8. The van der Waals surface area contributed by atoms with Gasteiger partial charge in [-0.15, -0.1) is 0 Å². The molecule has 0 spiro atoms. The average Bonchev–Trinajstić information content (AvgIpc) is 2.77. The van der Waals surface area contributed by atoms with Gasteiger partial charge in [0.25, 0.3) is 11.8 Å². The summed E-state index contributed by atoms with van der Waals surface area (Å²) in [5, 5.41) is 5.68. The van der Waals surface area contributed by atoms with Crippen LogP contribution in [0.3, 0.4) is 0 Å². The van der Waals surface area contributed by atoms with Gasteiger partial charge in [0.1, 0.15) is 0 Å². The van der Waals surface area contributed by atoms with Crippen molar-refractivity contribution in [3.63, 3.8) is 0 Å². The SMILES string of the molecule is Cc1cccc(C)c1NC(=O)CN(C)C(=O)c1ccc(NC(=O)c2ccccc2)cc1. The highest BCUT2D eigenvalue weighted by Gasteiger charge is 2.16. The minimum Gasteiger partial charge on any atom is -0.332 e. The van der Waals surface area contributed by atoms with Crippen molar-refractivity contribution in [1.29, 1.82) is 0 Å². The number of benzene rings is 3. The molecule has 6 nitrogen and oxygen atoms in total. The lowest BCUT2D eigenvalue weighted by atomic mass is 10.1. The maximum Gasteiger partial charge on any atom is 0.255 e. The molecule has 0 aliphatic heterocycles. The minimum absolute atomic E-state index is 0.0703. The van der Waals surface area contributed by atoms with Crippen LogP contribution in [0.25, 0.3) is 0 Å². The Labute approximate surface area is 181 Å². The first-order valence-corrected chi connectivity index (χ1v) is 9.93. The summed E-state index contributed by atoms with van der Waals surface area (Å²) in [7, 11) is 1.58. The molecule has 31 heavy (non-hydrogen) atoms. The molecule has 0 bridgehead atoms. The normalized spacial score (nSPS) is 10.3. The third-order valence-corrected chi connectivity index (χ3v) is 4.90. The second-order valence-electron chi connectivity index (χ2n) is 7.37. The first-order valence-electron chi connectivity index (χ1n) is 9.93. The number of likely N-dealkylation sites (N-methyl/N-ethyl adjacent to an activating group) is 1. The number of carbonyl (C=O) groups excluding carboxylic acids is 3. The molecule has 0 aromatic heterocycles. The number of anilines is 2. The van der Waals surface area contributed by atoms with Crippen LogP contribution < -0.4 is 10.6 Å². The number of amides is 3. The van der Waals surface area contributed by atoms with Crippen molar-refractivity contribution in [2.75, 3.05) is 24.2 Å². The number of para-hydroxylation sites is 1. The van der Waals surface area contributed by atoms with Crippen molar-refractivity contribution in [2.24, 2.45) is 0 Å². The van der Waals surface area contributed by atoms with Gasteiger partial charge in [0.2, 0.25) is 5.91 Å². The highest BCUT2D eigenvalue weighted by Crippen LogP contribution is 2.19. The first-order chi connectivity index (χ1) is 14.8. The largest absolute Gasteiger partial charge is 0.332 e. The summed E-state index contributed by atoms with van der Waals surface area (Å²) in [6.07, 6.45) is 0. The van der Waals surface area contributed by atoms with E-state index in [1.807, 2.05) is 38.1 Å². The smallest absolute Gasteiger partial charge is 0.255 e. The second kappa shape index (κ2) is 9.71. The van der Waals surface area contributed by atoms with Gasteiger partial charge in [0, 0.05) is 29.5 Å². The number of aryl methyl sites for hydroxylation is 2. The predicted octanol–water partition coefficient (Wildman–Crippen LogP) is 4.27. The minimum atomic E-state index is -0.280. The van der Waals surface area contributed by atoms with Crippen molar-refractivity contribution in [3.05, 3.63) is 95.1 Å². The third kappa shape index (κ3) is 5.57. The Morgan fingerprint density at radius 3 is 1.97 bits per heavy atom. The summed E-state index contributed by atoms with van der Waals surface area (Å²) in [5.74, 6) is -0.766. The summed E-state index contributed by atoms with van der Waals surface area (Å²) < 4.78 is 0. The molecule has 0 aliphatic rings. The van der Waals surface area contributed by atoms with Gasteiger partial charge in [0.15, 0.2) is 0 Å². The van der Waals surface area contributed by atoms with Crippen LogP contribution in [0.2, 0.25) is 0 Å². The number of nitrogens with zero attached hydrogens (tertiary/aromatic N) is 1. The van der Waals surface area contributed by atoms with E-state index in [1.54, 1.807) is 55.6 Å². The Morgan fingerprint density at radius 1 is 0.742 bits per heavy atom. The summed E-state index contributed by atoms with van der Waals surface area (Å²) in [6, 6.07) is 21.3. The summed E-state index contributed by atoms with van der Waals surface area (Å²) in [4.78, 5) is 38.7. The van der Waals surface area contributed by atoms with Crippen LogP contribution in [-0.2, 0) is 4.79 Å². The molecule has 0 radical (unpaired) electrons. The third-order valence-electron chi connectivity index (χ3n) is 4.90. The molecule has 0 heterocycles. The maximum absolute atomic E-state index is 12.7. The Balaban J connectivity index is 1.59. The predicted molar refractivity (Wildman–Crippen MR) is 122 cm³/mol. The Kier molecular flexibility index (Phi) is 6.82. The molecule has 0 saturated heterocycles. The molecule has 3 aromatic carbocycles. The van der Waals surface area contributed by atoms with Crippen LogP contribution in [0.1, 0.15) is 31.8 Å². The molecule has 158 valence electrons. The number of rotatable bonds is 6. The molecule has 2 N–H and O–H groups in total. The topological polar surface area (TPSA) is 78.5 Å².